The summed E-state index contributed by atoms with van der Waals surface area (Å²) in [5, 5.41) is 4.67. The average molecular weight is 713 g/mol. The van der Waals surface area contributed by atoms with Crippen LogP contribution < -0.4 is 0 Å². The predicted octanol–water partition coefficient (Wildman–Crippen LogP) is 13.1. The first-order chi connectivity index (χ1) is 26.7. The minimum Gasteiger partial charge on any atom is -0.277 e. The number of hydrogen-bond donors (Lipinski definition) is 0. The highest BCUT2D eigenvalue weighted by atomic mass is 32.1. The van der Waals surface area contributed by atoms with Crippen molar-refractivity contribution in [3.63, 3.8) is 0 Å². The molecule has 2 heterocycles. The highest BCUT2D eigenvalue weighted by Gasteiger charge is 2.23. The molecule has 9 aromatic rings. The van der Waals surface area contributed by atoms with Gasteiger partial charge in [-0.25, -0.2) is 9.98 Å². The number of allylic oxidation sites excluding steroid dienone is 1. The zero-order valence-corrected chi connectivity index (χ0v) is 30.7. The van der Waals surface area contributed by atoms with Gasteiger partial charge in [-0.05, 0) is 65.2 Å². The molecule has 0 amide bonds. The summed E-state index contributed by atoms with van der Waals surface area (Å²) >= 11 is 1.85. The van der Waals surface area contributed by atoms with E-state index in [9.17, 15) is 0 Å². The minimum absolute atomic E-state index is 0.449. The van der Waals surface area contributed by atoms with Gasteiger partial charge in [-0.1, -0.05) is 158 Å². The first-order valence-electron chi connectivity index (χ1n) is 18.1. The number of aromatic nitrogens is 1. The van der Waals surface area contributed by atoms with Crippen LogP contribution in [0.4, 0.5) is 0 Å². The number of aliphatic imine (C=N–C) groups is 3. The maximum atomic E-state index is 5.32. The van der Waals surface area contributed by atoms with E-state index in [1.807, 2.05) is 59.9 Å². The molecule has 0 unspecified atom stereocenters. The van der Waals surface area contributed by atoms with Crippen LogP contribution in [0.2, 0.25) is 0 Å². The van der Waals surface area contributed by atoms with Gasteiger partial charge in [0.2, 0.25) is 5.96 Å². The Hall–Kier alpha value is -6.69. The maximum Gasteiger partial charge on any atom is 0.232 e. The van der Waals surface area contributed by atoms with E-state index in [-0.39, 0.29) is 0 Å². The second-order valence-electron chi connectivity index (χ2n) is 13.2. The van der Waals surface area contributed by atoms with E-state index in [1.165, 1.54) is 42.4 Å². The summed E-state index contributed by atoms with van der Waals surface area (Å²) < 4.78 is 4.74. The molecule has 0 aliphatic rings. The number of fused-ring (bicyclic) bond motifs is 7. The lowest BCUT2D eigenvalue weighted by Crippen LogP contribution is -2.13. The number of rotatable bonds is 6. The normalized spacial score (nSPS) is 12.5. The van der Waals surface area contributed by atoms with Crippen LogP contribution in [-0.2, 0) is 6.54 Å². The molecular formula is C49H36N4S. The predicted molar refractivity (Wildman–Crippen MR) is 233 cm³/mol. The van der Waals surface area contributed by atoms with Crippen LogP contribution in [0.5, 0.6) is 0 Å². The van der Waals surface area contributed by atoms with Crippen molar-refractivity contribution in [2.24, 2.45) is 15.0 Å². The van der Waals surface area contributed by atoms with Gasteiger partial charge in [0.1, 0.15) is 0 Å². The Labute approximate surface area is 318 Å². The van der Waals surface area contributed by atoms with Gasteiger partial charge >= 0.3 is 0 Å². The van der Waals surface area contributed by atoms with E-state index in [1.54, 1.807) is 0 Å². The second kappa shape index (κ2) is 14.4. The largest absolute Gasteiger partial charge is 0.277 e. The molecule has 0 N–H and O–H groups in total. The monoisotopic (exact) mass is 712 g/mol. The van der Waals surface area contributed by atoms with E-state index in [4.69, 9.17) is 9.98 Å². The lowest BCUT2D eigenvalue weighted by atomic mass is 9.99. The van der Waals surface area contributed by atoms with Gasteiger partial charge in [0, 0.05) is 36.5 Å². The van der Waals surface area contributed by atoms with Gasteiger partial charge in [-0.3, -0.25) is 4.57 Å². The van der Waals surface area contributed by atoms with Gasteiger partial charge in [0.05, 0.1) is 17.6 Å². The van der Waals surface area contributed by atoms with Crippen LogP contribution in [0.15, 0.2) is 185 Å². The molecule has 5 heteroatoms. The van der Waals surface area contributed by atoms with Crippen molar-refractivity contribution in [1.82, 2.24) is 4.57 Å². The molecule has 7 aromatic carbocycles. The summed E-state index contributed by atoms with van der Waals surface area (Å²) in [5.41, 5.74) is 10.00. The van der Waals surface area contributed by atoms with Crippen LogP contribution in [0.1, 0.15) is 23.6 Å². The highest BCUT2D eigenvalue weighted by molar-refractivity contribution is 7.26. The summed E-state index contributed by atoms with van der Waals surface area (Å²) in [5.74, 6) is 1.07. The Balaban J connectivity index is 1.44. The van der Waals surface area contributed by atoms with Gasteiger partial charge < -0.3 is 0 Å². The zero-order valence-electron chi connectivity index (χ0n) is 29.9. The molecule has 0 radical (unpaired) electrons. The van der Waals surface area contributed by atoms with Gasteiger partial charge in [-0.2, -0.15) is 4.99 Å². The number of amidine groups is 1. The Morgan fingerprint density at radius 3 is 2.04 bits per heavy atom. The minimum atomic E-state index is 0.449. The number of benzene rings is 7. The van der Waals surface area contributed by atoms with Crippen molar-refractivity contribution < 1.29 is 0 Å². The molecule has 0 saturated heterocycles. The smallest absolute Gasteiger partial charge is 0.232 e. The van der Waals surface area contributed by atoms with Crippen LogP contribution in [0.3, 0.4) is 0 Å². The van der Waals surface area contributed by atoms with E-state index in [2.05, 4.69) is 151 Å². The third-order valence-corrected chi connectivity index (χ3v) is 11.2. The molecular weight excluding hydrogens is 677 g/mol. The zero-order chi connectivity index (χ0) is 36.4. The van der Waals surface area contributed by atoms with E-state index in [0.717, 1.165) is 38.5 Å². The second-order valence-corrected chi connectivity index (χ2v) is 14.2. The topological polar surface area (TPSA) is 42.0 Å². The fourth-order valence-electron chi connectivity index (χ4n) is 7.43. The Morgan fingerprint density at radius 2 is 1.33 bits per heavy atom. The Bertz CT molecular complexity index is 2900. The van der Waals surface area contributed by atoms with Gasteiger partial charge in [-0.15, -0.1) is 11.3 Å². The fourth-order valence-corrected chi connectivity index (χ4v) is 8.76. The van der Waals surface area contributed by atoms with Crippen molar-refractivity contribution >= 4 is 77.9 Å². The third-order valence-electron chi connectivity index (χ3n) is 9.89. The quantitative estimate of drug-likeness (QED) is 0.122. The van der Waals surface area contributed by atoms with E-state index < -0.39 is 0 Å². The van der Waals surface area contributed by atoms with E-state index in [0.29, 0.717) is 18.3 Å². The van der Waals surface area contributed by atoms with Crippen LogP contribution >= 0.6 is 11.3 Å². The lowest BCUT2D eigenvalue weighted by molar-refractivity contribution is 1.03. The van der Waals surface area contributed by atoms with Crippen molar-refractivity contribution in [1.29, 1.82) is 0 Å². The first kappa shape index (κ1) is 33.2. The molecule has 0 bridgehead atoms. The SMILES string of the molecule is C=N/C(=N\C(=NCc1ccccc1)n1c2ccc(-c3ccccc3)cc2c2cc(/C=C/C)c3sc4c(-c5ccccc5)cccc4c3c21)c1ccccc1. The number of thiophene rings is 1. The fraction of sp³-hybridized carbons (Fsp3) is 0.0408. The summed E-state index contributed by atoms with van der Waals surface area (Å²) in [4.78, 5) is 15.1. The number of hydrogen-bond acceptors (Lipinski definition) is 2. The standard InChI is InChI=1S/C49H36N4S/c1-3-17-38-31-42-41-30-37(34-20-10-5-11-21-34)28-29-43(41)53(45(42)44-40-27-16-26-39(47(40)54-46(38)44)35-22-12-6-13-23-35)49(51-32-33-18-8-4-9-19-33)52-48(50-2)36-24-14-7-15-25-36/h3-31H,2,32H2,1H3/b17-3+,51-49?,52-48-. The molecule has 258 valence electrons. The van der Waals surface area contributed by atoms with Crippen molar-refractivity contribution in [3.8, 4) is 22.3 Å². The molecule has 0 aliphatic heterocycles. The molecule has 0 atom stereocenters. The number of nitrogens with zero attached hydrogens (tertiary/aromatic N) is 4. The average Bonchev–Trinajstić information content (AvgIpc) is 3.78. The van der Waals surface area contributed by atoms with Crippen molar-refractivity contribution in [2.45, 2.75) is 13.5 Å². The Kier molecular flexibility index (Phi) is 8.83. The molecule has 0 aliphatic carbocycles. The van der Waals surface area contributed by atoms with Crippen LogP contribution in [-0.4, -0.2) is 23.1 Å². The summed E-state index contributed by atoms with van der Waals surface area (Å²) in [6.07, 6.45) is 4.37. The van der Waals surface area contributed by atoms with Crippen molar-refractivity contribution in [2.75, 3.05) is 0 Å². The Morgan fingerprint density at radius 1 is 0.648 bits per heavy atom. The molecule has 54 heavy (non-hydrogen) atoms. The van der Waals surface area contributed by atoms with Gasteiger partial charge in [0.15, 0.2) is 5.84 Å². The van der Waals surface area contributed by atoms with Crippen molar-refractivity contribution in [3.05, 3.63) is 187 Å². The maximum absolute atomic E-state index is 5.32. The molecule has 4 nitrogen and oxygen atoms in total. The molecule has 9 rings (SSSR count). The van der Waals surface area contributed by atoms with Crippen LogP contribution in [0, 0.1) is 0 Å². The highest BCUT2D eigenvalue weighted by Crippen LogP contribution is 2.47. The lowest BCUT2D eigenvalue weighted by Gasteiger charge is -2.11. The van der Waals surface area contributed by atoms with E-state index >= 15 is 0 Å². The third kappa shape index (κ3) is 5.95. The molecule has 0 spiro atoms. The molecule has 0 fully saturated rings. The molecule has 2 aromatic heterocycles. The summed E-state index contributed by atoms with van der Waals surface area (Å²) in [7, 11) is 0. The van der Waals surface area contributed by atoms with Crippen LogP contribution in [0.25, 0.3) is 70.3 Å². The summed E-state index contributed by atoms with van der Waals surface area (Å²) in [6.45, 7) is 6.50. The molecule has 0 saturated carbocycles. The van der Waals surface area contributed by atoms with Gasteiger partial charge in [0.25, 0.3) is 0 Å². The summed E-state index contributed by atoms with van der Waals surface area (Å²) in [6, 6.07) is 57.4. The first-order valence-corrected chi connectivity index (χ1v) is 18.9.